The van der Waals surface area contributed by atoms with Crippen molar-refractivity contribution in [3.8, 4) is 0 Å². The number of rotatable bonds is 5. The van der Waals surface area contributed by atoms with Gasteiger partial charge in [-0.3, -0.25) is 0 Å². The van der Waals surface area contributed by atoms with Gasteiger partial charge in [-0.1, -0.05) is 49.4 Å². The molecule has 0 saturated heterocycles. The molecule has 1 saturated carbocycles. The lowest BCUT2D eigenvalue weighted by Crippen LogP contribution is -2.12. The molecule has 0 bridgehead atoms. The van der Waals surface area contributed by atoms with Crippen molar-refractivity contribution in [2.45, 2.75) is 51.0 Å². The van der Waals surface area contributed by atoms with Crippen LogP contribution in [-0.2, 0) is 6.42 Å². The monoisotopic (exact) mass is 252 g/mol. The molecule has 2 heteroatoms. The van der Waals surface area contributed by atoms with Crippen molar-refractivity contribution in [1.82, 2.24) is 0 Å². The molecule has 94 valence electrons. The standard InChI is InChI=1S/C15H21ClO/c16-14-7-3-6-13(10-14)11-15(17)9-8-12-4-1-2-5-12/h3,6-7,10,12,15,17H,1-2,4-5,8-9,11H2. The lowest BCUT2D eigenvalue weighted by atomic mass is 9.97. The average molecular weight is 253 g/mol. The van der Waals surface area contributed by atoms with Crippen LogP contribution in [0.5, 0.6) is 0 Å². The second kappa shape index (κ2) is 6.42. The largest absolute Gasteiger partial charge is 0.393 e. The minimum atomic E-state index is -0.214. The van der Waals surface area contributed by atoms with Crippen LogP contribution in [0.2, 0.25) is 5.02 Å². The van der Waals surface area contributed by atoms with E-state index in [4.69, 9.17) is 11.6 Å². The zero-order valence-electron chi connectivity index (χ0n) is 10.2. The minimum Gasteiger partial charge on any atom is -0.393 e. The van der Waals surface area contributed by atoms with Gasteiger partial charge in [0.15, 0.2) is 0 Å². The normalized spacial score (nSPS) is 18.5. The van der Waals surface area contributed by atoms with E-state index in [0.29, 0.717) is 0 Å². The van der Waals surface area contributed by atoms with Crippen molar-refractivity contribution in [2.75, 3.05) is 0 Å². The van der Waals surface area contributed by atoms with Gasteiger partial charge in [-0.2, -0.15) is 0 Å². The molecule has 1 nitrogen and oxygen atoms in total. The van der Waals surface area contributed by atoms with E-state index in [2.05, 4.69) is 0 Å². The number of benzene rings is 1. The summed E-state index contributed by atoms with van der Waals surface area (Å²) in [4.78, 5) is 0. The van der Waals surface area contributed by atoms with E-state index in [1.54, 1.807) is 0 Å². The van der Waals surface area contributed by atoms with Crippen LogP contribution in [0.3, 0.4) is 0 Å². The summed E-state index contributed by atoms with van der Waals surface area (Å²) in [6.07, 6.45) is 8.12. The highest BCUT2D eigenvalue weighted by Gasteiger charge is 2.16. The fourth-order valence-electron chi connectivity index (χ4n) is 2.77. The minimum absolute atomic E-state index is 0.214. The van der Waals surface area contributed by atoms with Crippen molar-refractivity contribution in [1.29, 1.82) is 0 Å². The van der Waals surface area contributed by atoms with Crippen molar-refractivity contribution < 1.29 is 5.11 Å². The van der Waals surface area contributed by atoms with Gasteiger partial charge in [0, 0.05) is 5.02 Å². The highest BCUT2D eigenvalue weighted by Crippen LogP contribution is 2.29. The van der Waals surface area contributed by atoms with E-state index in [1.165, 1.54) is 32.1 Å². The maximum Gasteiger partial charge on any atom is 0.0580 e. The molecule has 1 atom stereocenters. The molecule has 0 radical (unpaired) electrons. The molecule has 0 heterocycles. The second-order valence-electron chi connectivity index (χ2n) is 5.22. The summed E-state index contributed by atoms with van der Waals surface area (Å²) in [5.74, 6) is 0.865. The zero-order valence-corrected chi connectivity index (χ0v) is 11.0. The number of hydrogen-bond acceptors (Lipinski definition) is 1. The van der Waals surface area contributed by atoms with Crippen LogP contribution in [0.15, 0.2) is 24.3 Å². The van der Waals surface area contributed by atoms with Gasteiger partial charge >= 0.3 is 0 Å². The summed E-state index contributed by atoms with van der Waals surface area (Å²) in [6.45, 7) is 0. The fourth-order valence-corrected chi connectivity index (χ4v) is 2.98. The Bertz CT molecular complexity index is 345. The highest BCUT2D eigenvalue weighted by atomic mass is 35.5. The summed E-state index contributed by atoms with van der Waals surface area (Å²) in [5, 5.41) is 10.8. The summed E-state index contributed by atoms with van der Waals surface area (Å²) in [6, 6.07) is 7.79. The van der Waals surface area contributed by atoms with Crippen LogP contribution in [0, 0.1) is 5.92 Å². The van der Waals surface area contributed by atoms with Gasteiger partial charge in [-0.25, -0.2) is 0 Å². The molecule has 0 amide bonds. The number of hydrogen-bond donors (Lipinski definition) is 1. The third-order valence-corrected chi connectivity index (χ3v) is 3.98. The molecule has 1 aliphatic carbocycles. The predicted molar refractivity (Wildman–Crippen MR) is 72.4 cm³/mol. The Balaban J connectivity index is 1.74. The van der Waals surface area contributed by atoms with Crippen molar-refractivity contribution in [3.05, 3.63) is 34.9 Å². The molecule has 0 aromatic heterocycles. The number of halogens is 1. The molecule has 17 heavy (non-hydrogen) atoms. The van der Waals surface area contributed by atoms with Gasteiger partial charge in [0.25, 0.3) is 0 Å². The summed E-state index contributed by atoms with van der Waals surface area (Å²) < 4.78 is 0. The van der Waals surface area contributed by atoms with Gasteiger partial charge < -0.3 is 5.11 Å². The number of aliphatic hydroxyl groups is 1. The molecular formula is C15H21ClO. The Hall–Kier alpha value is -0.530. The quantitative estimate of drug-likeness (QED) is 0.832. The van der Waals surface area contributed by atoms with Crippen LogP contribution in [0.1, 0.15) is 44.1 Å². The Morgan fingerprint density at radius 1 is 1.29 bits per heavy atom. The maximum atomic E-state index is 10.0. The van der Waals surface area contributed by atoms with Crippen LogP contribution in [-0.4, -0.2) is 11.2 Å². The third-order valence-electron chi connectivity index (χ3n) is 3.74. The molecule has 2 rings (SSSR count). The molecule has 1 aromatic carbocycles. The van der Waals surface area contributed by atoms with Crippen LogP contribution < -0.4 is 0 Å². The lowest BCUT2D eigenvalue weighted by Gasteiger charge is -2.14. The van der Waals surface area contributed by atoms with Crippen LogP contribution in [0.4, 0.5) is 0 Å². The van der Waals surface area contributed by atoms with Crippen LogP contribution in [0.25, 0.3) is 0 Å². The zero-order chi connectivity index (χ0) is 12.1. The lowest BCUT2D eigenvalue weighted by molar-refractivity contribution is 0.155. The summed E-state index contributed by atoms with van der Waals surface area (Å²) >= 11 is 5.93. The maximum absolute atomic E-state index is 10.0. The number of aliphatic hydroxyl groups excluding tert-OH is 1. The molecule has 1 unspecified atom stereocenters. The summed E-state index contributed by atoms with van der Waals surface area (Å²) in [7, 11) is 0. The molecule has 1 fully saturated rings. The topological polar surface area (TPSA) is 20.2 Å². The van der Waals surface area contributed by atoms with Gasteiger partial charge in [-0.15, -0.1) is 0 Å². The van der Waals surface area contributed by atoms with Crippen molar-refractivity contribution >= 4 is 11.6 Å². The molecule has 1 N–H and O–H groups in total. The molecule has 1 aromatic rings. The Morgan fingerprint density at radius 2 is 2.06 bits per heavy atom. The molecular weight excluding hydrogens is 232 g/mol. The van der Waals surface area contributed by atoms with Gasteiger partial charge in [0.1, 0.15) is 0 Å². The van der Waals surface area contributed by atoms with E-state index < -0.39 is 0 Å². The Labute approximate surface area is 109 Å². The van der Waals surface area contributed by atoms with Gasteiger partial charge in [0.05, 0.1) is 6.10 Å². The first-order chi connectivity index (χ1) is 8.24. The first kappa shape index (κ1) is 12.9. The Kier molecular flexibility index (Phi) is 4.87. The highest BCUT2D eigenvalue weighted by molar-refractivity contribution is 6.30. The molecule has 1 aliphatic rings. The SMILES string of the molecule is OC(CCC1CCCC1)Cc1cccc(Cl)c1. The molecule has 0 aliphatic heterocycles. The van der Waals surface area contributed by atoms with E-state index in [0.717, 1.165) is 29.3 Å². The first-order valence-electron chi connectivity index (χ1n) is 6.66. The van der Waals surface area contributed by atoms with Crippen LogP contribution >= 0.6 is 11.6 Å². The van der Waals surface area contributed by atoms with E-state index in [-0.39, 0.29) is 6.10 Å². The third kappa shape index (κ3) is 4.33. The fraction of sp³-hybridized carbons (Fsp3) is 0.600. The first-order valence-corrected chi connectivity index (χ1v) is 7.04. The van der Waals surface area contributed by atoms with E-state index >= 15 is 0 Å². The predicted octanol–water partition coefficient (Wildman–Crippen LogP) is 4.21. The second-order valence-corrected chi connectivity index (χ2v) is 5.65. The van der Waals surface area contributed by atoms with Gasteiger partial charge in [-0.05, 0) is 42.9 Å². The molecule has 0 spiro atoms. The van der Waals surface area contributed by atoms with Crippen molar-refractivity contribution in [2.24, 2.45) is 5.92 Å². The Morgan fingerprint density at radius 3 is 2.76 bits per heavy atom. The average Bonchev–Trinajstić information content (AvgIpc) is 2.79. The summed E-state index contributed by atoms with van der Waals surface area (Å²) in [5.41, 5.74) is 1.14. The van der Waals surface area contributed by atoms with E-state index in [1.807, 2.05) is 24.3 Å². The van der Waals surface area contributed by atoms with E-state index in [9.17, 15) is 5.11 Å². The van der Waals surface area contributed by atoms with Gasteiger partial charge in [0.2, 0.25) is 0 Å². The van der Waals surface area contributed by atoms with Crippen molar-refractivity contribution in [3.63, 3.8) is 0 Å². The smallest absolute Gasteiger partial charge is 0.0580 e.